The zero-order valence-corrected chi connectivity index (χ0v) is 9.22. The number of halogens is 1. The van der Waals surface area contributed by atoms with Crippen LogP contribution in [0.3, 0.4) is 0 Å². The molecule has 0 saturated heterocycles. The van der Waals surface area contributed by atoms with E-state index >= 15 is 0 Å². The molecule has 2 nitrogen and oxygen atoms in total. The van der Waals surface area contributed by atoms with Crippen LogP contribution in [-0.4, -0.2) is 6.04 Å². The van der Waals surface area contributed by atoms with E-state index in [1.54, 1.807) is 0 Å². The van der Waals surface area contributed by atoms with Gasteiger partial charge >= 0.3 is 0 Å². The van der Waals surface area contributed by atoms with E-state index in [2.05, 4.69) is 40.8 Å². The average molecular weight is 239 g/mol. The van der Waals surface area contributed by atoms with E-state index in [0.717, 1.165) is 20.7 Å². The number of rotatable bonds is 0. The summed E-state index contributed by atoms with van der Waals surface area (Å²) in [4.78, 5) is 4.50. The Hall–Kier alpha value is -0.830. The lowest BCUT2D eigenvalue weighted by atomic mass is 10.1. The van der Waals surface area contributed by atoms with Gasteiger partial charge in [0.1, 0.15) is 0 Å². The van der Waals surface area contributed by atoms with Gasteiger partial charge in [0.2, 0.25) is 0 Å². The SMILES string of the molecule is Cc1cc(Br)c(N)c2c1=NC(C)C=2. The molecule has 2 N–H and O–H groups in total. The number of benzene rings is 1. The number of hydrogen-bond donors (Lipinski definition) is 1. The van der Waals surface area contributed by atoms with Crippen molar-refractivity contribution in [3.05, 3.63) is 26.7 Å². The molecule has 1 aromatic carbocycles. The summed E-state index contributed by atoms with van der Waals surface area (Å²) in [5.74, 6) is 0. The van der Waals surface area contributed by atoms with Crippen LogP contribution in [0.2, 0.25) is 0 Å². The molecule has 0 spiro atoms. The van der Waals surface area contributed by atoms with Gasteiger partial charge in [-0.3, -0.25) is 4.99 Å². The first kappa shape index (κ1) is 8.75. The van der Waals surface area contributed by atoms with Crippen molar-refractivity contribution in [3.63, 3.8) is 0 Å². The summed E-state index contributed by atoms with van der Waals surface area (Å²) in [6, 6.07) is 2.27. The first-order valence-electron chi connectivity index (χ1n) is 4.24. The van der Waals surface area contributed by atoms with Crippen molar-refractivity contribution in [2.24, 2.45) is 4.99 Å². The number of nitrogens with two attached hydrogens (primary N) is 1. The molecule has 1 heterocycles. The Labute approximate surface area is 85.3 Å². The van der Waals surface area contributed by atoms with Gasteiger partial charge in [-0.2, -0.15) is 0 Å². The second-order valence-corrected chi connectivity index (χ2v) is 4.24. The largest absolute Gasteiger partial charge is 0.397 e. The van der Waals surface area contributed by atoms with Crippen molar-refractivity contribution in [2.75, 3.05) is 5.73 Å². The summed E-state index contributed by atoms with van der Waals surface area (Å²) in [5.41, 5.74) is 7.90. The third-order valence-electron chi connectivity index (χ3n) is 2.26. The van der Waals surface area contributed by atoms with Crippen molar-refractivity contribution in [2.45, 2.75) is 19.9 Å². The number of nitrogen functional groups attached to an aromatic ring is 1. The van der Waals surface area contributed by atoms with Crippen molar-refractivity contribution in [3.8, 4) is 0 Å². The summed E-state index contributed by atoms with van der Waals surface area (Å²) in [5, 5.41) is 2.13. The average Bonchev–Trinajstić information content (AvgIpc) is 2.44. The number of aryl methyl sites for hydroxylation is 1. The van der Waals surface area contributed by atoms with E-state index in [1.807, 2.05) is 6.07 Å². The van der Waals surface area contributed by atoms with Crippen LogP contribution < -0.4 is 16.3 Å². The molecule has 0 amide bonds. The highest BCUT2D eigenvalue weighted by molar-refractivity contribution is 9.10. The maximum absolute atomic E-state index is 5.93. The molecule has 1 aromatic rings. The van der Waals surface area contributed by atoms with Gasteiger partial charge in [-0.05, 0) is 47.5 Å². The number of nitrogens with zero attached hydrogens (tertiary/aromatic N) is 1. The van der Waals surface area contributed by atoms with Crippen molar-refractivity contribution in [1.82, 2.24) is 0 Å². The normalized spacial score (nSPS) is 19.2. The van der Waals surface area contributed by atoms with E-state index in [0.29, 0.717) is 0 Å². The monoisotopic (exact) mass is 238 g/mol. The van der Waals surface area contributed by atoms with Gasteiger partial charge in [0.15, 0.2) is 0 Å². The molecule has 0 radical (unpaired) electrons. The van der Waals surface area contributed by atoms with Gasteiger partial charge in [0, 0.05) is 9.69 Å². The molecular formula is C10H11BrN2. The summed E-state index contributed by atoms with van der Waals surface area (Å²) in [6.07, 6.45) is 2.10. The Morgan fingerprint density at radius 2 is 2.23 bits per heavy atom. The van der Waals surface area contributed by atoms with Gasteiger partial charge < -0.3 is 5.73 Å². The van der Waals surface area contributed by atoms with E-state index in [4.69, 9.17) is 5.73 Å². The molecule has 0 aliphatic carbocycles. The highest BCUT2D eigenvalue weighted by Gasteiger charge is 2.09. The van der Waals surface area contributed by atoms with E-state index in [9.17, 15) is 0 Å². The van der Waals surface area contributed by atoms with Crippen LogP contribution in [0.5, 0.6) is 0 Å². The molecule has 0 aromatic heterocycles. The lowest BCUT2D eigenvalue weighted by Crippen LogP contribution is -2.28. The molecule has 1 atom stereocenters. The molecule has 68 valence electrons. The van der Waals surface area contributed by atoms with Crippen molar-refractivity contribution < 1.29 is 0 Å². The molecule has 1 unspecified atom stereocenters. The fraction of sp³-hybridized carbons (Fsp3) is 0.300. The van der Waals surface area contributed by atoms with Crippen LogP contribution in [-0.2, 0) is 0 Å². The zero-order valence-electron chi connectivity index (χ0n) is 7.63. The lowest BCUT2D eigenvalue weighted by molar-refractivity contribution is 0.950. The maximum atomic E-state index is 5.93. The minimum Gasteiger partial charge on any atom is -0.397 e. The second kappa shape index (κ2) is 2.84. The van der Waals surface area contributed by atoms with Gasteiger partial charge in [-0.15, -0.1) is 0 Å². The van der Waals surface area contributed by atoms with Gasteiger partial charge in [0.25, 0.3) is 0 Å². The Morgan fingerprint density at radius 3 is 2.92 bits per heavy atom. The zero-order chi connectivity index (χ0) is 9.59. The molecule has 13 heavy (non-hydrogen) atoms. The molecular weight excluding hydrogens is 228 g/mol. The number of anilines is 1. The van der Waals surface area contributed by atoms with Crippen molar-refractivity contribution >= 4 is 27.7 Å². The van der Waals surface area contributed by atoms with Crippen molar-refractivity contribution in [1.29, 1.82) is 0 Å². The lowest BCUT2D eigenvalue weighted by Gasteiger charge is -2.00. The molecule has 1 aliphatic heterocycles. The highest BCUT2D eigenvalue weighted by atomic mass is 79.9. The Bertz CT molecular complexity index is 477. The summed E-state index contributed by atoms with van der Waals surface area (Å²) < 4.78 is 0.962. The van der Waals surface area contributed by atoms with Crippen LogP contribution >= 0.6 is 15.9 Å². The minimum absolute atomic E-state index is 0.255. The minimum atomic E-state index is 0.255. The predicted octanol–water partition coefficient (Wildman–Crippen LogP) is 1.14. The molecule has 0 bridgehead atoms. The van der Waals surface area contributed by atoms with Crippen LogP contribution in [0, 0.1) is 6.92 Å². The van der Waals surface area contributed by atoms with Crippen LogP contribution in [0.25, 0.3) is 6.08 Å². The summed E-state index contributed by atoms with van der Waals surface area (Å²) in [7, 11) is 0. The quantitative estimate of drug-likeness (QED) is 0.677. The third-order valence-corrected chi connectivity index (χ3v) is 2.92. The fourth-order valence-corrected chi connectivity index (χ4v) is 2.18. The fourth-order valence-electron chi connectivity index (χ4n) is 1.63. The molecule has 0 fully saturated rings. The van der Waals surface area contributed by atoms with Gasteiger partial charge in [0.05, 0.1) is 17.1 Å². The Balaban J connectivity index is 2.94. The summed E-state index contributed by atoms with van der Waals surface area (Å²) in [6.45, 7) is 4.12. The predicted molar refractivity (Wildman–Crippen MR) is 58.0 cm³/mol. The second-order valence-electron chi connectivity index (χ2n) is 3.39. The maximum Gasteiger partial charge on any atom is 0.0702 e. The Morgan fingerprint density at radius 1 is 1.54 bits per heavy atom. The standard InChI is InChI=1S/C10H11BrN2/c1-5-3-8(11)9(12)7-4-6(2)13-10(5)7/h3-4,6H,12H2,1-2H3. The molecule has 2 rings (SSSR count). The van der Waals surface area contributed by atoms with Crippen LogP contribution in [0.4, 0.5) is 5.69 Å². The molecule has 0 saturated carbocycles. The Kier molecular flexibility index (Phi) is 1.91. The molecule has 1 aliphatic rings. The smallest absolute Gasteiger partial charge is 0.0702 e. The van der Waals surface area contributed by atoms with Gasteiger partial charge in [-0.1, -0.05) is 0 Å². The number of fused-ring (bicyclic) bond motifs is 1. The number of hydrogen-bond acceptors (Lipinski definition) is 2. The van der Waals surface area contributed by atoms with E-state index in [1.165, 1.54) is 5.56 Å². The van der Waals surface area contributed by atoms with Crippen LogP contribution in [0.1, 0.15) is 12.5 Å². The topological polar surface area (TPSA) is 38.4 Å². The molecule has 3 heteroatoms. The van der Waals surface area contributed by atoms with E-state index in [-0.39, 0.29) is 6.04 Å². The first-order valence-corrected chi connectivity index (χ1v) is 5.03. The van der Waals surface area contributed by atoms with Gasteiger partial charge in [-0.25, -0.2) is 0 Å². The summed E-state index contributed by atoms with van der Waals surface area (Å²) >= 11 is 3.43. The first-order chi connectivity index (χ1) is 6.09. The highest BCUT2D eigenvalue weighted by Crippen LogP contribution is 2.15. The third kappa shape index (κ3) is 1.27. The van der Waals surface area contributed by atoms with Crippen LogP contribution in [0.15, 0.2) is 15.5 Å². The van der Waals surface area contributed by atoms with E-state index < -0.39 is 0 Å².